The molecule has 0 saturated carbocycles. The van der Waals surface area contributed by atoms with E-state index in [4.69, 9.17) is 29.2 Å². The van der Waals surface area contributed by atoms with E-state index >= 15 is 0 Å². The fourth-order valence-electron chi connectivity index (χ4n) is 2.44. The summed E-state index contributed by atoms with van der Waals surface area (Å²) in [6, 6.07) is 9.59. The quantitative estimate of drug-likeness (QED) is 0.595. The highest BCUT2D eigenvalue weighted by molar-refractivity contribution is 9.09. The number of ether oxygens (including phenoxy) is 4. The lowest BCUT2D eigenvalue weighted by Gasteiger charge is -2.05. The lowest BCUT2D eigenvalue weighted by atomic mass is 10.1. The fourth-order valence-corrected chi connectivity index (χ4v) is 2.72. The second kappa shape index (κ2) is 8.36. The van der Waals surface area contributed by atoms with Crippen molar-refractivity contribution in [3.63, 3.8) is 0 Å². The predicted molar refractivity (Wildman–Crippen MR) is 97.0 cm³/mol. The van der Waals surface area contributed by atoms with Crippen LogP contribution in [0.3, 0.4) is 0 Å². The van der Waals surface area contributed by atoms with Crippen LogP contribution in [0.25, 0.3) is 0 Å². The summed E-state index contributed by atoms with van der Waals surface area (Å²) in [5, 5.41) is 26.6. The third-order valence-corrected chi connectivity index (χ3v) is 4.77. The Morgan fingerprint density at radius 3 is 1.75 bits per heavy atom. The Kier molecular flexibility index (Phi) is 5.90. The molecule has 9 nitrogen and oxygen atoms in total. The average molecular weight is 455 g/mol. The normalized spacial score (nSPS) is 15.2. The molecular weight excluding hydrogens is 440 g/mol. The van der Waals surface area contributed by atoms with Crippen LogP contribution in [0.1, 0.15) is 22.1 Å². The second-order valence-electron chi connectivity index (χ2n) is 5.67. The molecule has 0 fully saturated rings. The first-order valence-electron chi connectivity index (χ1n) is 7.93. The van der Waals surface area contributed by atoms with Gasteiger partial charge in [0.05, 0.1) is 0 Å². The molecule has 148 valence electrons. The van der Waals surface area contributed by atoms with Gasteiger partial charge in [-0.3, -0.25) is 4.79 Å². The van der Waals surface area contributed by atoms with Gasteiger partial charge in [0.25, 0.3) is 0 Å². The molecule has 0 aliphatic carbocycles. The van der Waals surface area contributed by atoms with Crippen LogP contribution < -0.4 is 18.9 Å². The first-order valence-corrected chi connectivity index (χ1v) is 8.85. The van der Waals surface area contributed by atoms with Gasteiger partial charge in [-0.15, -0.1) is 0 Å². The second-order valence-corrected chi connectivity index (χ2v) is 6.58. The zero-order valence-corrected chi connectivity index (χ0v) is 15.8. The number of carboxylic acids is 2. The Morgan fingerprint density at radius 1 is 0.786 bits per heavy atom. The third-order valence-electron chi connectivity index (χ3n) is 3.85. The topological polar surface area (TPSA) is 132 Å². The Balaban J connectivity index is 0.000000161. The van der Waals surface area contributed by atoms with Crippen LogP contribution in [-0.2, 0) is 9.59 Å². The Hall–Kier alpha value is -2.98. The number of hydrogen-bond acceptors (Lipinski definition) is 7. The van der Waals surface area contributed by atoms with Crippen LogP contribution in [0.4, 0.5) is 0 Å². The molecule has 0 aromatic heterocycles. The lowest BCUT2D eigenvalue weighted by Crippen LogP contribution is -2.10. The number of hydrogen-bond donors (Lipinski definition) is 3. The number of carboxylic acid groups (broad SMARTS) is 2. The van der Waals surface area contributed by atoms with E-state index in [-0.39, 0.29) is 19.1 Å². The SMILES string of the molecule is O=C(O)C(Br)c1ccc2c(c1)OCO2.O=C(O)C(O)c1ccc2c(c1)OCO2. The van der Waals surface area contributed by atoms with E-state index in [1.165, 1.54) is 12.1 Å². The molecule has 2 atom stereocenters. The molecule has 0 saturated heterocycles. The van der Waals surface area contributed by atoms with Gasteiger partial charge in [-0.2, -0.15) is 0 Å². The van der Waals surface area contributed by atoms with Gasteiger partial charge in [0, 0.05) is 0 Å². The summed E-state index contributed by atoms with van der Waals surface area (Å²) >= 11 is 3.06. The van der Waals surface area contributed by atoms with Crippen molar-refractivity contribution in [3.05, 3.63) is 47.5 Å². The Morgan fingerprint density at radius 2 is 1.25 bits per heavy atom. The van der Waals surface area contributed by atoms with E-state index in [1.807, 2.05) is 0 Å². The number of alkyl halides is 1. The molecule has 2 aromatic rings. The van der Waals surface area contributed by atoms with Gasteiger partial charge in [0.15, 0.2) is 29.1 Å². The molecule has 28 heavy (non-hydrogen) atoms. The van der Waals surface area contributed by atoms with Crippen LogP contribution >= 0.6 is 15.9 Å². The van der Waals surface area contributed by atoms with Gasteiger partial charge in [0.1, 0.15) is 4.83 Å². The molecule has 0 bridgehead atoms. The van der Waals surface area contributed by atoms with Crippen molar-refractivity contribution in [1.29, 1.82) is 0 Å². The summed E-state index contributed by atoms with van der Waals surface area (Å²) in [7, 11) is 0. The monoisotopic (exact) mass is 454 g/mol. The van der Waals surface area contributed by atoms with E-state index < -0.39 is 22.9 Å². The highest BCUT2D eigenvalue weighted by Gasteiger charge is 2.21. The summed E-state index contributed by atoms with van der Waals surface area (Å²) < 4.78 is 20.3. The van der Waals surface area contributed by atoms with Crippen molar-refractivity contribution >= 4 is 27.9 Å². The molecule has 2 unspecified atom stereocenters. The van der Waals surface area contributed by atoms with Crippen molar-refractivity contribution in [2.45, 2.75) is 10.9 Å². The first kappa shape index (κ1) is 19.8. The zero-order valence-electron chi connectivity index (χ0n) is 14.2. The maximum atomic E-state index is 10.7. The summed E-state index contributed by atoms with van der Waals surface area (Å²) in [4.78, 5) is 20.4. The van der Waals surface area contributed by atoms with Gasteiger partial charge in [0.2, 0.25) is 13.6 Å². The van der Waals surface area contributed by atoms with Crippen LogP contribution in [0.5, 0.6) is 23.0 Å². The van der Waals surface area contributed by atoms with Crippen molar-refractivity contribution in [3.8, 4) is 23.0 Å². The van der Waals surface area contributed by atoms with Crippen molar-refractivity contribution < 1.29 is 43.9 Å². The van der Waals surface area contributed by atoms with Gasteiger partial charge in [-0.25, -0.2) is 4.79 Å². The summed E-state index contributed by atoms with van der Waals surface area (Å²) in [5.74, 6) is 0.0499. The summed E-state index contributed by atoms with van der Waals surface area (Å²) in [5.41, 5.74) is 0.920. The van der Waals surface area contributed by atoms with Gasteiger partial charge in [-0.05, 0) is 35.4 Å². The molecule has 3 N–H and O–H groups in total. The van der Waals surface area contributed by atoms with E-state index in [1.54, 1.807) is 24.3 Å². The highest BCUT2D eigenvalue weighted by Crippen LogP contribution is 2.36. The molecule has 2 heterocycles. The van der Waals surface area contributed by atoms with Gasteiger partial charge in [-0.1, -0.05) is 28.1 Å². The molecule has 10 heteroatoms. The van der Waals surface area contributed by atoms with E-state index in [9.17, 15) is 14.7 Å². The standard InChI is InChI=1S/C9H7BrO4.C9H8O5/c2*10-8(9(11)12)5-1-2-6-7(3-5)14-4-13-6/h1-3,8H,4H2,(H,11,12);1-3,8,10H,4H2,(H,11,12). The smallest absolute Gasteiger partial charge is 0.337 e. The summed E-state index contributed by atoms with van der Waals surface area (Å²) in [6.45, 7) is 0.320. The van der Waals surface area contributed by atoms with Crippen LogP contribution in [0.15, 0.2) is 36.4 Å². The van der Waals surface area contributed by atoms with Gasteiger partial charge >= 0.3 is 11.9 Å². The van der Waals surface area contributed by atoms with Crippen molar-refractivity contribution in [2.75, 3.05) is 13.6 Å². The number of rotatable bonds is 4. The van der Waals surface area contributed by atoms with Crippen molar-refractivity contribution in [1.82, 2.24) is 0 Å². The maximum Gasteiger partial charge on any atom is 0.337 e. The van der Waals surface area contributed by atoms with Gasteiger partial charge < -0.3 is 34.3 Å². The number of aliphatic carboxylic acids is 2. The molecular formula is C18H15BrO9. The van der Waals surface area contributed by atoms with Crippen molar-refractivity contribution in [2.24, 2.45) is 0 Å². The predicted octanol–water partition coefficient (Wildman–Crippen LogP) is 2.47. The largest absolute Gasteiger partial charge is 0.480 e. The molecule has 0 spiro atoms. The Bertz CT molecular complexity index is 825. The molecule has 4 rings (SSSR count). The molecule has 2 aliphatic heterocycles. The number of benzene rings is 2. The minimum absolute atomic E-state index is 0.127. The lowest BCUT2D eigenvalue weighted by molar-refractivity contribution is -0.147. The zero-order chi connectivity index (χ0) is 20.3. The van der Waals surface area contributed by atoms with E-state index in [0.29, 0.717) is 28.6 Å². The summed E-state index contributed by atoms with van der Waals surface area (Å²) in [6.07, 6.45) is -1.52. The Labute approximate surface area is 167 Å². The van der Waals surface area contributed by atoms with Crippen LogP contribution in [-0.4, -0.2) is 40.8 Å². The van der Waals surface area contributed by atoms with E-state index in [2.05, 4.69) is 15.9 Å². The van der Waals surface area contributed by atoms with Crippen LogP contribution in [0.2, 0.25) is 0 Å². The number of fused-ring (bicyclic) bond motifs is 2. The molecule has 0 radical (unpaired) electrons. The third kappa shape index (κ3) is 4.29. The first-order chi connectivity index (χ1) is 13.4. The number of aliphatic hydroxyl groups is 1. The average Bonchev–Trinajstić information content (AvgIpc) is 3.34. The fraction of sp³-hybridized carbons (Fsp3) is 0.222. The van der Waals surface area contributed by atoms with Crippen LogP contribution in [0, 0.1) is 0 Å². The number of halogens is 1. The highest BCUT2D eigenvalue weighted by atomic mass is 79.9. The minimum atomic E-state index is -1.52. The maximum absolute atomic E-state index is 10.7. The molecule has 2 aliphatic rings. The molecule has 2 aromatic carbocycles. The number of carbonyl (C=O) groups is 2. The minimum Gasteiger partial charge on any atom is -0.480 e. The van der Waals surface area contributed by atoms with E-state index in [0.717, 1.165) is 0 Å². The molecule has 0 amide bonds. The number of aliphatic hydroxyl groups excluding tert-OH is 1.